The number of ether oxygens (including phenoxy) is 2. The fourth-order valence-corrected chi connectivity index (χ4v) is 3.56. The minimum Gasteiger partial charge on any atom is -0.497 e. The number of urea groups is 1. The highest BCUT2D eigenvalue weighted by Crippen LogP contribution is 2.30. The van der Waals surface area contributed by atoms with Gasteiger partial charge in [0.2, 0.25) is 5.91 Å². The van der Waals surface area contributed by atoms with E-state index >= 15 is 0 Å². The average molecular weight is 439 g/mol. The van der Waals surface area contributed by atoms with E-state index in [1.165, 1.54) is 31.3 Å². The van der Waals surface area contributed by atoms with E-state index in [0.717, 1.165) is 4.90 Å². The number of imide groups is 1. The Morgan fingerprint density at radius 3 is 2.34 bits per heavy atom. The average Bonchev–Trinajstić information content (AvgIpc) is 3.02. The molecule has 3 rings (SSSR count). The molecule has 0 aromatic heterocycles. The summed E-state index contributed by atoms with van der Waals surface area (Å²) in [6.45, 7) is 3.58. The van der Waals surface area contributed by atoms with Crippen LogP contribution in [0.15, 0.2) is 48.5 Å². The fraction of sp³-hybridized carbons (Fsp3) is 0.304. The third kappa shape index (κ3) is 4.56. The number of rotatable bonds is 7. The van der Waals surface area contributed by atoms with Crippen LogP contribution in [0.4, 0.5) is 16.2 Å². The standard InChI is InChI=1S/C23H25N3O6/c1-14(2)25-19(13-20(27)24-16-10-8-15(9-11-16)22(29)32-4)21(28)26(23(25)30)17-6-5-7-18(12-17)31-3/h5-12,14,19H,13H2,1-4H3,(H,24,27)/t19-/m0/s1. The Bertz CT molecular complexity index is 1030. The second-order valence-corrected chi connectivity index (χ2v) is 7.50. The molecule has 1 aliphatic rings. The Kier molecular flexibility index (Phi) is 6.77. The van der Waals surface area contributed by atoms with Gasteiger partial charge < -0.3 is 19.7 Å². The Morgan fingerprint density at radius 2 is 1.75 bits per heavy atom. The molecule has 2 aromatic carbocycles. The predicted octanol–water partition coefficient (Wildman–Crippen LogP) is 3.06. The number of benzene rings is 2. The first kappa shape index (κ1) is 22.8. The molecule has 0 radical (unpaired) electrons. The Balaban J connectivity index is 1.78. The van der Waals surface area contributed by atoms with Gasteiger partial charge in [0.25, 0.3) is 5.91 Å². The van der Waals surface area contributed by atoms with Gasteiger partial charge in [-0.3, -0.25) is 9.59 Å². The maximum absolute atomic E-state index is 13.2. The van der Waals surface area contributed by atoms with Crippen LogP contribution in [0.3, 0.4) is 0 Å². The second-order valence-electron chi connectivity index (χ2n) is 7.50. The largest absolute Gasteiger partial charge is 0.497 e. The summed E-state index contributed by atoms with van der Waals surface area (Å²) < 4.78 is 9.84. The zero-order valence-electron chi connectivity index (χ0n) is 18.3. The van der Waals surface area contributed by atoms with Crippen LogP contribution in [-0.4, -0.2) is 55.0 Å². The summed E-state index contributed by atoms with van der Waals surface area (Å²) in [5, 5.41) is 2.70. The highest BCUT2D eigenvalue weighted by atomic mass is 16.5. The van der Waals surface area contributed by atoms with E-state index in [4.69, 9.17) is 4.74 Å². The first-order valence-electron chi connectivity index (χ1n) is 10.0. The minimum absolute atomic E-state index is 0.206. The Morgan fingerprint density at radius 1 is 1.06 bits per heavy atom. The molecular weight excluding hydrogens is 414 g/mol. The number of nitrogens with one attached hydrogen (secondary N) is 1. The molecule has 2 aromatic rings. The minimum atomic E-state index is -0.942. The lowest BCUT2D eigenvalue weighted by molar-refractivity contribution is -0.124. The molecule has 32 heavy (non-hydrogen) atoms. The van der Waals surface area contributed by atoms with Crippen molar-refractivity contribution in [3.8, 4) is 5.75 Å². The number of esters is 1. The molecule has 0 bridgehead atoms. The molecule has 0 aliphatic carbocycles. The molecule has 1 atom stereocenters. The summed E-state index contributed by atoms with van der Waals surface area (Å²) in [4.78, 5) is 52.9. The van der Waals surface area contributed by atoms with E-state index in [1.807, 2.05) is 0 Å². The lowest BCUT2D eigenvalue weighted by Gasteiger charge is -2.25. The number of methoxy groups -OCH3 is 2. The molecule has 0 unspecified atom stereocenters. The van der Waals surface area contributed by atoms with Gasteiger partial charge in [0.15, 0.2) is 0 Å². The van der Waals surface area contributed by atoms with Gasteiger partial charge in [0, 0.05) is 17.8 Å². The van der Waals surface area contributed by atoms with Crippen LogP contribution in [0.25, 0.3) is 0 Å². The van der Waals surface area contributed by atoms with Gasteiger partial charge in [0.1, 0.15) is 11.8 Å². The molecule has 0 saturated carbocycles. The molecular formula is C23H25N3O6. The van der Waals surface area contributed by atoms with Crippen LogP contribution in [0, 0.1) is 0 Å². The van der Waals surface area contributed by atoms with Crippen molar-refractivity contribution in [1.82, 2.24) is 4.90 Å². The van der Waals surface area contributed by atoms with Crippen LogP contribution in [-0.2, 0) is 14.3 Å². The molecule has 9 heteroatoms. The van der Waals surface area contributed by atoms with Crippen LogP contribution >= 0.6 is 0 Å². The van der Waals surface area contributed by atoms with Crippen molar-refractivity contribution in [3.63, 3.8) is 0 Å². The molecule has 4 amide bonds. The molecule has 1 fully saturated rings. The van der Waals surface area contributed by atoms with Crippen molar-refractivity contribution in [2.45, 2.75) is 32.4 Å². The van der Waals surface area contributed by atoms with Crippen molar-refractivity contribution >= 4 is 35.2 Å². The molecule has 9 nitrogen and oxygen atoms in total. The van der Waals surface area contributed by atoms with Gasteiger partial charge >= 0.3 is 12.0 Å². The van der Waals surface area contributed by atoms with Crippen molar-refractivity contribution in [2.75, 3.05) is 24.4 Å². The van der Waals surface area contributed by atoms with Crippen molar-refractivity contribution in [3.05, 3.63) is 54.1 Å². The molecule has 168 valence electrons. The van der Waals surface area contributed by atoms with Gasteiger partial charge in [-0.2, -0.15) is 0 Å². The summed E-state index contributed by atoms with van der Waals surface area (Å²) in [7, 11) is 2.78. The number of amides is 4. The quantitative estimate of drug-likeness (QED) is 0.525. The SMILES string of the molecule is COC(=O)c1ccc(NC(=O)C[C@H]2C(=O)N(c3cccc(OC)c3)C(=O)N2C(C)C)cc1. The second kappa shape index (κ2) is 9.51. The maximum Gasteiger partial charge on any atom is 0.337 e. The molecule has 1 aliphatic heterocycles. The highest BCUT2D eigenvalue weighted by molar-refractivity contribution is 6.22. The van der Waals surface area contributed by atoms with Gasteiger partial charge in [-0.25, -0.2) is 14.5 Å². The van der Waals surface area contributed by atoms with Crippen molar-refractivity contribution < 1.29 is 28.7 Å². The summed E-state index contributed by atoms with van der Waals surface area (Å²) in [6.07, 6.45) is -0.206. The van der Waals surface area contributed by atoms with E-state index < -0.39 is 29.9 Å². The van der Waals surface area contributed by atoms with E-state index in [1.54, 1.807) is 50.2 Å². The number of hydrogen-bond donors (Lipinski definition) is 1. The van der Waals surface area contributed by atoms with Crippen LogP contribution in [0.1, 0.15) is 30.6 Å². The number of carbonyl (C=O) groups excluding carboxylic acids is 4. The van der Waals surface area contributed by atoms with E-state index in [-0.39, 0.29) is 12.5 Å². The third-order valence-electron chi connectivity index (χ3n) is 5.09. The molecule has 1 heterocycles. The smallest absolute Gasteiger partial charge is 0.337 e. The summed E-state index contributed by atoms with van der Waals surface area (Å²) >= 11 is 0. The monoisotopic (exact) mass is 439 g/mol. The summed E-state index contributed by atoms with van der Waals surface area (Å²) in [5.74, 6) is -0.882. The normalized spacial score (nSPS) is 15.8. The van der Waals surface area contributed by atoms with Crippen LogP contribution < -0.4 is 15.0 Å². The van der Waals surface area contributed by atoms with Gasteiger partial charge in [-0.05, 0) is 50.2 Å². The van der Waals surface area contributed by atoms with Gasteiger partial charge in [-0.15, -0.1) is 0 Å². The highest BCUT2D eigenvalue weighted by Gasteiger charge is 2.47. The Labute approximate surface area is 185 Å². The van der Waals surface area contributed by atoms with Gasteiger partial charge in [-0.1, -0.05) is 6.07 Å². The Hall–Kier alpha value is -3.88. The number of hydrogen-bond acceptors (Lipinski definition) is 6. The summed E-state index contributed by atoms with van der Waals surface area (Å²) in [5.41, 5.74) is 1.19. The topological polar surface area (TPSA) is 105 Å². The van der Waals surface area contributed by atoms with Gasteiger partial charge in [0.05, 0.1) is 31.9 Å². The number of nitrogens with zero attached hydrogens (tertiary/aromatic N) is 2. The first-order chi connectivity index (χ1) is 15.3. The van der Waals surface area contributed by atoms with E-state index in [9.17, 15) is 19.2 Å². The molecule has 1 N–H and O–H groups in total. The summed E-state index contributed by atoms with van der Waals surface area (Å²) in [6, 6.07) is 11.1. The maximum atomic E-state index is 13.2. The predicted molar refractivity (Wildman–Crippen MR) is 118 cm³/mol. The fourth-order valence-electron chi connectivity index (χ4n) is 3.56. The van der Waals surface area contributed by atoms with E-state index in [0.29, 0.717) is 22.7 Å². The number of anilines is 2. The van der Waals surface area contributed by atoms with Crippen LogP contribution in [0.5, 0.6) is 5.75 Å². The van der Waals surface area contributed by atoms with Crippen molar-refractivity contribution in [1.29, 1.82) is 0 Å². The zero-order valence-corrected chi connectivity index (χ0v) is 18.3. The molecule has 1 saturated heterocycles. The lowest BCUT2D eigenvalue weighted by Crippen LogP contribution is -2.42. The first-order valence-corrected chi connectivity index (χ1v) is 10.0. The molecule has 0 spiro atoms. The zero-order chi connectivity index (χ0) is 23.4. The van der Waals surface area contributed by atoms with Crippen molar-refractivity contribution in [2.24, 2.45) is 0 Å². The van der Waals surface area contributed by atoms with E-state index in [2.05, 4.69) is 10.1 Å². The third-order valence-corrected chi connectivity index (χ3v) is 5.09. The number of carbonyl (C=O) groups is 4. The van der Waals surface area contributed by atoms with Crippen LogP contribution in [0.2, 0.25) is 0 Å². The lowest BCUT2D eigenvalue weighted by atomic mass is 10.1.